The van der Waals surface area contributed by atoms with Gasteiger partial charge in [-0.15, -0.1) is 6.58 Å². The molecule has 0 unspecified atom stereocenters. The van der Waals surface area contributed by atoms with E-state index in [4.69, 9.17) is 14.2 Å². The normalized spacial score (nSPS) is 23.3. The van der Waals surface area contributed by atoms with Crippen molar-refractivity contribution in [3.63, 3.8) is 0 Å². The fourth-order valence-electron chi connectivity index (χ4n) is 2.00. The lowest BCUT2D eigenvalue weighted by Crippen LogP contribution is -2.28. The number of carbonyl (C=O) groups excluding carboxylic acids is 1. The van der Waals surface area contributed by atoms with Crippen LogP contribution in [-0.4, -0.2) is 32.1 Å². The van der Waals surface area contributed by atoms with Crippen molar-refractivity contribution in [1.29, 1.82) is 0 Å². The van der Waals surface area contributed by atoms with Crippen LogP contribution in [0.3, 0.4) is 0 Å². The molecule has 0 aliphatic heterocycles. The van der Waals surface area contributed by atoms with Crippen LogP contribution in [0.15, 0.2) is 25.3 Å². The fourth-order valence-corrected chi connectivity index (χ4v) is 2.00. The lowest BCUT2D eigenvalue weighted by molar-refractivity contribution is -0.150. The maximum absolute atomic E-state index is 11.6. The highest BCUT2D eigenvalue weighted by atomic mass is 16.7. The standard InChI is InChI=1S/C14H22O4/c1-3-9-16-11-18-13-7-5-12(6-8-13)14(15)17-10-4-2/h3-4,12-13H,1-2,5-11H2. The summed E-state index contributed by atoms with van der Waals surface area (Å²) in [5.74, 6) is -0.102. The molecule has 1 rings (SSSR count). The molecule has 0 aromatic rings. The fraction of sp³-hybridized carbons (Fsp3) is 0.643. The predicted molar refractivity (Wildman–Crippen MR) is 69.0 cm³/mol. The van der Waals surface area contributed by atoms with E-state index in [2.05, 4.69) is 13.2 Å². The highest BCUT2D eigenvalue weighted by molar-refractivity contribution is 5.72. The van der Waals surface area contributed by atoms with Gasteiger partial charge >= 0.3 is 5.97 Å². The van der Waals surface area contributed by atoms with Crippen molar-refractivity contribution in [3.05, 3.63) is 25.3 Å². The molecule has 1 saturated carbocycles. The summed E-state index contributed by atoms with van der Waals surface area (Å²) in [6, 6.07) is 0. The first-order valence-corrected chi connectivity index (χ1v) is 6.35. The number of ether oxygens (including phenoxy) is 3. The molecular formula is C14H22O4. The lowest BCUT2D eigenvalue weighted by Gasteiger charge is -2.27. The molecule has 0 amide bonds. The van der Waals surface area contributed by atoms with Gasteiger partial charge in [0.15, 0.2) is 0 Å². The largest absolute Gasteiger partial charge is 0.461 e. The molecule has 18 heavy (non-hydrogen) atoms. The molecule has 4 heteroatoms. The highest BCUT2D eigenvalue weighted by Gasteiger charge is 2.27. The van der Waals surface area contributed by atoms with Crippen LogP contribution in [0.5, 0.6) is 0 Å². The highest BCUT2D eigenvalue weighted by Crippen LogP contribution is 2.27. The first kappa shape index (κ1) is 14.9. The summed E-state index contributed by atoms with van der Waals surface area (Å²) in [6.45, 7) is 8.17. The van der Waals surface area contributed by atoms with Gasteiger partial charge in [-0.2, -0.15) is 0 Å². The topological polar surface area (TPSA) is 44.8 Å². The number of rotatable bonds is 8. The molecule has 0 aromatic carbocycles. The molecule has 0 bridgehead atoms. The minimum atomic E-state index is -0.115. The van der Waals surface area contributed by atoms with Crippen molar-refractivity contribution in [1.82, 2.24) is 0 Å². The minimum absolute atomic E-state index is 0.0129. The molecule has 0 saturated heterocycles. The molecule has 1 fully saturated rings. The second-order valence-corrected chi connectivity index (χ2v) is 4.34. The Bertz CT molecular complexity index is 267. The maximum Gasteiger partial charge on any atom is 0.309 e. The summed E-state index contributed by atoms with van der Waals surface area (Å²) < 4.78 is 15.8. The van der Waals surface area contributed by atoms with Gasteiger partial charge in [0.2, 0.25) is 0 Å². The van der Waals surface area contributed by atoms with E-state index in [0.29, 0.717) is 20.0 Å². The molecule has 0 radical (unpaired) electrons. The Morgan fingerprint density at radius 1 is 1.11 bits per heavy atom. The van der Waals surface area contributed by atoms with E-state index >= 15 is 0 Å². The van der Waals surface area contributed by atoms with Crippen LogP contribution in [0.25, 0.3) is 0 Å². The second kappa shape index (κ2) is 8.89. The zero-order valence-electron chi connectivity index (χ0n) is 10.8. The summed E-state index contributed by atoms with van der Waals surface area (Å²) in [4.78, 5) is 11.6. The number of hydrogen-bond acceptors (Lipinski definition) is 4. The summed E-state index contributed by atoms with van der Waals surface area (Å²) in [5, 5.41) is 0. The number of hydrogen-bond donors (Lipinski definition) is 0. The number of carbonyl (C=O) groups is 1. The van der Waals surface area contributed by atoms with Crippen LogP contribution in [-0.2, 0) is 19.0 Å². The average Bonchev–Trinajstić information content (AvgIpc) is 2.41. The Balaban J connectivity index is 2.13. The van der Waals surface area contributed by atoms with E-state index < -0.39 is 0 Å². The molecule has 0 atom stereocenters. The Kier molecular flexibility index (Phi) is 7.37. The van der Waals surface area contributed by atoms with Gasteiger partial charge in [0.1, 0.15) is 13.4 Å². The molecule has 102 valence electrons. The van der Waals surface area contributed by atoms with Crippen LogP contribution in [0, 0.1) is 5.92 Å². The van der Waals surface area contributed by atoms with E-state index in [1.807, 2.05) is 0 Å². The average molecular weight is 254 g/mol. The summed E-state index contributed by atoms with van der Waals surface area (Å²) in [7, 11) is 0. The third kappa shape index (κ3) is 5.47. The molecule has 1 aliphatic rings. The predicted octanol–water partition coefficient (Wildman–Crippen LogP) is 2.45. The summed E-state index contributed by atoms with van der Waals surface area (Å²) >= 11 is 0. The van der Waals surface area contributed by atoms with E-state index in [9.17, 15) is 4.79 Å². The molecule has 0 aromatic heterocycles. The minimum Gasteiger partial charge on any atom is -0.461 e. The van der Waals surface area contributed by atoms with E-state index in [1.54, 1.807) is 12.2 Å². The molecule has 0 heterocycles. The SMILES string of the molecule is C=CCOCOC1CCC(C(=O)OCC=C)CC1. The first-order chi connectivity index (χ1) is 8.77. The lowest BCUT2D eigenvalue weighted by atomic mass is 9.87. The molecule has 1 aliphatic carbocycles. The Morgan fingerprint density at radius 3 is 2.39 bits per heavy atom. The third-order valence-corrected chi connectivity index (χ3v) is 2.97. The quantitative estimate of drug-likeness (QED) is 0.289. The van der Waals surface area contributed by atoms with Gasteiger partial charge in [0.05, 0.1) is 18.6 Å². The van der Waals surface area contributed by atoms with Crippen LogP contribution < -0.4 is 0 Å². The molecule has 4 nitrogen and oxygen atoms in total. The smallest absolute Gasteiger partial charge is 0.309 e. The van der Waals surface area contributed by atoms with Crippen LogP contribution in [0.4, 0.5) is 0 Å². The Labute approximate surface area is 109 Å². The van der Waals surface area contributed by atoms with Gasteiger partial charge in [-0.05, 0) is 25.7 Å². The molecule has 0 spiro atoms. The molecule has 0 N–H and O–H groups in total. The Hall–Kier alpha value is -1.13. The van der Waals surface area contributed by atoms with Gasteiger partial charge in [-0.25, -0.2) is 0 Å². The third-order valence-electron chi connectivity index (χ3n) is 2.97. The zero-order valence-corrected chi connectivity index (χ0v) is 10.8. The van der Waals surface area contributed by atoms with Gasteiger partial charge in [-0.1, -0.05) is 18.7 Å². The maximum atomic E-state index is 11.6. The second-order valence-electron chi connectivity index (χ2n) is 4.34. The summed E-state index contributed by atoms with van der Waals surface area (Å²) in [5.41, 5.74) is 0. The van der Waals surface area contributed by atoms with Gasteiger partial charge in [0, 0.05) is 0 Å². The van der Waals surface area contributed by atoms with Gasteiger partial charge in [0.25, 0.3) is 0 Å². The Morgan fingerprint density at radius 2 is 1.78 bits per heavy atom. The van der Waals surface area contributed by atoms with E-state index in [0.717, 1.165) is 25.7 Å². The summed E-state index contributed by atoms with van der Waals surface area (Å²) in [6.07, 6.45) is 6.87. The zero-order chi connectivity index (χ0) is 13.2. The van der Waals surface area contributed by atoms with Crippen LogP contribution >= 0.6 is 0 Å². The first-order valence-electron chi connectivity index (χ1n) is 6.35. The van der Waals surface area contributed by atoms with Crippen molar-refractivity contribution in [2.24, 2.45) is 5.92 Å². The monoisotopic (exact) mass is 254 g/mol. The van der Waals surface area contributed by atoms with Gasteiger partial charge in [-0.3, -0.25) is 4.79 Å². The van der Waals surface area contributed by atoms with Crippen molar-refractivity contribution in [3.8, 4) is 0 Å². The van der Waals surface area contributed by atoms with Crippen molar-refractivity contribution < 1.29 is 19.0 Å². The van der Waals surface area contributed by atoms with Crippen molar-refractivity contribution in [2.45, 2.75) is 31.8 Å². The van der Waals surface area contributed by atoms with Gasteiger partial charge < -0.3 is 14.2 Å². The number of esters is 1. The van der Waals surface area contributed by atoms with Crippen LogP contribution in [0.2, 0.25) is 0 Å². The van der Waals surface area contributed by atoms with Crippen molar-refractivity contribution >= 4 is 5.97 Å². The van der Waals surface area contributed by atoms with E-state index in [1.165, 1.54) is 0 Å². The van der Waals surface area contributed by atoms with Crippen molar-refractivity contribution in [2.75, 3.05) is 20.0 Å². The van der Waals surface area contributed by atoms with E-state index in [-0.39, 0.29) is 18.0 Å². The van der Waals surface area contributed by atoms with Crippen LogP contribution in [0.1, 0.15) is 25.7 Å². The molecular weight excluding hydrogens is 232 g/mol.